The van der Waals surface area contributed by atoms with E-state index in [1.54, 1.807) is 14.0 Å². The van der Waals surface area contributed by atoms with E-state index in [-0.39, 0.29) is 5.15 Å². The molecule has 0 radical (unpaired) electrons. The molecule has 0 spiro atoms. The number of carbonyl (C=O) groups is 1. The molecule has 0 amide bonds. The molecule has 1 aromatic heterocycles. The number of hydrogen-bond acceptors (Lipinski definition) is 5. The third-order valence-corrected chi connectivity index (χ3v) is 3.63. The summed E-state index contributed by atoms with van der Waals surface area (Å²) >= 11 is 7.29. The highest BCUT2D eigenvalue weighted by atomic mass is 35.5. The molecule has 0 fully saturated rings. The normalized spacial score (nSPS) is 10.3. The standard InChI is InChI=1S/C13H11ClN2O2S/c1-8-15-12(14)11(7-17)13(16-8)19-10-5-3-4-9(6-10)18-2/h3-7H,1-2H3. The molecule has 6 heteroatoms. The Labute approximate surface area is 120 Å². The number of benzene rings is 1. The predicted octanol–water partition coefficient (Wildman–Crippen LogP) is 3.41. The van der Waals surface area contributed by atoms with Gasteiger partial charge < -0.3 is 4.74 Å². The van der Waals surface area contributed by atoms with Crippen LogP contribution in [0.25, 0.3) is 0 Å². The Kier molecular flexibility index (Phi) is 4.39. The van der Waals surface area contributed by atoms with Gasteiger partial charge in [-0.1, -0.05) is 29.4 Å². The number of carbonyl (C=O) groups excluding carboxylic acids is 1. The highest BCUT2D eigenvalue weighted by Gasteiger charge is 2.12. The molecular formula is C13H11ClN2O2S. The maximum absolute atomic E-state index is 11.1. The topological polar surface area (TPSA) is 52.1 Å². The monoisotopic (exact) mass is 294 g/mol. The Morgan fingerprint density at radius 2 is 2.16 bits per heavy atom. The molecule has 1 aromatic carbocycles. The van der Waals surface area contributed by atoms with E-state index in [1.807, 2.05) is 24.3 Å². The fourth-order valence-electron chi connectivity index (χ4n) is 1.48. The highest BCUT2D eigenvalue weighted by molar-refractivity contribution is 7.99. The number of hydrogen-bond donors (Lipinski definition) is 0. The van der Waals surface area contributed by atoms with Crippen LogP contribution in [0.4, 0.5) is 0 Å². The van der Waals surface area contributed by atoms with Gasteiger partial charge in [0.15, 0.2) is 6.29 Å². The van der Waals surface area contributed by atoms with Crippen molar-refractivity contribution in [3.8, 4) is 5.75 Å². The van der Waals surface area contributed by atoms with Crippen LogP contribution in [0.2, 0.25) is 5.15 Å². The Morgan fingerprint density at radius 3 is 2.84 bits per heavy atom. The summed E-state index contributed by atoms with van der Waals surface area (Å²) in [6.45, 7) is 1.73. The van der Waals surface area contributed by atoms with Crippen LogP contribution in [-0.4, -0.2) is 23.4 Å². The molecular weight excluding hydrogens is 284 g/mol. The predicted molar refractivity (Wildman–Crippen MR) is 74.3 cm³/mol. The first-order valence-corrected chi connectivity index (χ1v) is 6.64. The summed E-state index contributed by atoms with van der Waals surface area (Å²) in [5, 5.41) is 0.716. The lowest BCUT2D eigenvalue weighted by Crippen LogP contribution is -1.98. The summed E-state index contributed by atoms with van der Waals surface area (Å²) in [5.74, 6) is 1.27. The van der Waals surface area contributed by atoms with Gasteiger partial charge in [0.1, 0.15) is 21.8 Å². The van der Waals surface area contributed by atoms with E-state index in [1.165, 1.54) is 11.8 Å². The zero-order valence-electron chi connectivity index (χ0n) is 10.4. The number of methoxy groups -OCH3 is 1. The van der Waals surface area contributed by atoms with Crippen LogP contribution >= 0.6 is 23.4 Å². The summed E-state index contributed by atoms with van der Waals surface area (Å²) in [6, 6.07) is 7.50. The largest absolute Gasteiger partial charge is 0.497 e. The van der Waals surface area contributed by atoms with E-state index >= 15 is 0 Å². The molecule has 2 aromatic rings. The molecule has 0 bridgehead atoms. The minimum absolute atomic E-state index is 0.174. The van der Waals surface area contributed by atoms with E-state index < -0.39 is 0 Å². The lowest BCUT2D eigenvalue weighted by atomic mass is 10.3. The Morgan fingerprint density at radius 1 is 1.37 bits per heavy atom. The second kappa shape index (κ2) is 6.04. The van der Waals surface area contributed by atoms with E-state index in [4.69, 9.17) is 16.3 Å². The summed E-state index contributed by atoms with van der Waals surface area (Å²) in [6.07, 6.45) is 0.671. The minimum atomic E-state index is 0.174. The third kappa shape index (κ3) is 3.24. The molecule has 0 saturated heterocycles. The maximum Gasteiger partial charge on any atom is 0.155 e. The fourth-order valence-corrected chi connectivity index (χ4v) is 2.77. The van der Waals surface area contributed by atoms with Crippen molar-refractivity contribution in [1.29, 1.82) is 0 Å². The van der Waals surface area contributed by atoms with Gasteiger partial charge in [-0.05, 0) is 25.1 Å². The van der Waals surface area contributed by atoms with Gasteiger partial charge in [0.2, 0.25) is 0 Å². The number of aromatic nitrogens is 2. The van der Waals surface area contributed by atoms with E-state index in [9.17, 15) is 4.79 Å². The molecule has 0 atom stereocenters. The molecule has 0 unspecified atom stereocenters. The number of ether oxygens (including phenoxy) is 1. The number of halogens is 1. The molecule has 19 heavy (non-hydrogen) atoms. The van der Waals surface area contributed by atoms with Crippen molar-refractivity contribution >= 4 is 29.6 Å². The highest BCUT2D eigenvalue weighted by Crippen LogP contribution is 2.32. The van der Waals surface area contributed by atoms with Crippen LogP contribution in [-0.2, 0) is 0 Å². The summed E-state index contributed by atoms with van der Waals surface area (Å²) < 4.78 is 5.15. The zero-order valence-corrected chi connectivity index (χ0v) is 12.0. The lowest BCUT2D eigenvalue weighted by Gasteiger charge is -2.07. The molecule has 0 N–H and O–H groups in total. The molecule has 1 heterocycles. The van der Waals surface area contributed by atoms with Crippen LogP contribution in [0.15, 0.2) is 34.2 Å². The van der Waals surface area contributed by atoms with Crippen LogP contribution in [0.1, 0.15) is 16.2 Å². The van der Waals surface area contributed by atoms with Gasteiger partial charge in [-0.3, -0.25) is 4.79 Å². The van der Waals surface area contributed by atoms with Crippen molar-refractivity contribution in [3.05, 3.63) is 40.8 Å². The van der Waals surface area contributed by atoms with Gasteiger partial charge in [-0.15, -0.1) is 0 Å². The molecule has 0 aliphatic heterocycles. The summed E-state index contributed by atoms with van der Waals surface area (Å²) in [4.78, 5) is 20.2. The number of nitrogens with zero attached hydrogens (tertiary/aromatic N) is 2. The minimum Gasteiger partial charge on any atom is -0.497 e. The van der Waals surface area contributed by atoms with Gasteiger partial charge in [0.25, 0.3) is 0 Å². The van der Waals surface area contributed by atoms with E-state index in [2.05, 4.69) is 9.97 Å². The lowest BCUT2D eigenvalue weighted by molar-refractivity contribution is 0.112. The molecule has 0 aliphatic carbocycles. The summed E-state index contributed by atoms with van der Waals surface area (Å²) in [5.41, 5.74) is 0.306. The first-order valence-electron chi connectivity index (χ1n) is 5.45. The average Bonchev–Trinajstić information content (AvgIpc) is 2.38. The van der Waals surface area contributed by atoms with Gasteiger partial charge >= 0.3 is 0 Å². The van der Waals surface area contributed by atoms with Crippen molar-refractivity contribution in [3.63, 3.8) is 0 Å². The van der Waals surface area contributed by atoms with Crippen molar-refractivity contribution < 1.29 is 9.53 Å². The first-order chi connectivity index (χ1) is 9.13. The summed E-state index contributed by atoms with van der Waals surface area (Å²) in [7, 11) is 1.60. The average molecular weight is 295 g/mol. The van der Waals surface area contributed by atoms with Crippen molar-refractivity contribution in [2.75, 3.05) is 7.11 Å². The second-order valence-electron chi connectivity index (χ2n) is 3.68. The molecule has 0 aliphatic rings. The van der Waals surface area contributed by atoms with Crippen LogP contribution in [0, 0.1) is 6.92 Å². The Bertz CT molecular complexity index is 620. The Balaban J connectivity index is 2.39. The zero-order chi connectivity index (χ0) is 13.8. The van der Waals surface area contributed by atoms with Crippen LogP contribution in [0.5, 0.6) is 5.75 Å². The molecule has 4 nitrogen and oxygen atoms in total. The van der Waals surface area contributed by atoms with Crippen molar-refractivity contribution in [2.24, 2.45) is 0 Å². The van der Waals surface area contributed by atoms with E-state index in [0.29, 0.717) is 22.7 Å². The quantitative estimate of drug-likeness (QED) is 0.639. The van der Waals surface area contributed by atoms with Crippen LogP contribution < -0.4 is 4.74 Å². The van der Waals surface area contributed by atoms with Gasteiger partial charge in [0, 0.05) is 4.90 Å². The van der Waals surface area contributed by atoms with Crippen molar-refractivity contribution in [2.45, 2.75) is 16.8 Å². The van der Waals surface area contributed by atoms with Crippen LogP contribution in [0.3, 0.4) is 0 Å². The maximum atomic E-state index is 11.1. The third-order valence-electron chi connectivity index (χ3n) is 2.35. The smallest absolute Gasteiger partial charge is 0.155 e. The number of rotatable bonds is 4. The van der Waals surface area contributed by atoms with E-state index in [0.717, 1.165) is 10.6 Å². The van der Waals surface area contributed by atoms with Gasteiger partial charge in [-0.25, -0.2) is 9.97 Å². The molecule has 98 valence electrons. The number of aldehydes is 1. The van der Waals surface area contributed by atoms with Crippen molar-refractivity contribution in [1.82, 2.24) is 9.97 Å². The molecule has 2 rings (SSSR count). The first kappa shape index (κ1) is 13.8. The SMILES string of the molecule is COc1cccc(Sc2nc(C)nc(Cl)c2C=O)c1. The Hall–Kier alpha value is -1.59. The van der Waals surface area contributed by atoms with Gasteiger partial charge in [-0.2, -0.15) is 0 Å². The number of aryl methyl sites for hydroxylation is 1. The molecule has 0 saturated carbocycles. The van der Waals surface area contributed by atoms with Gasteiger partial charge in [0.05, 0.1) is 12.7 Å². The fraction of sp³-hybridized carbons (Fsp3) is 0.154. The second-order valence-corrected chi connectivity index (χ2v) is 5.10.